The quantitative estimate of drug-likeness (QED) is 0.648. The average Bonchev–Trinajstić information content (AvgIpc) is 3.17. The highest BCUT2D eigenvalue weighted by molar-refractivity contribution is 5.85. The molecule has 21 heavy (non-hydrogen) atoms. The molecule has 2 aromatic heterocycles. The minimum atomic E-state index is 0.594. The van der Waals surface area contributed by atoms with Crippen LogP contribution in [0.25, 0.3) is 11.3 Å². The van der Waals surface area contributed by atoms with Crippen molar-refractivity contribution in [3.8, 4) is 11.3 Å². The lowest BCUT2D eigenvalue weighted by Crippen LogP contribution is -2.00. The number of rotatable bonds is 6. The van der Waals surface area contributed by atoms with Crippen molar-refractivity contribution in [2.45, 2.75) is 19.4 Å². The molecule has 0 saturated heterocycles. The van der Waals surface area contributed by atoms with Gasteiger partial charge in [-0.25, -0.2) is 0 Å². The molecule has 0 N–H and O–H groups in total. The Balaban J connectivity index is 1.68. The molecule has 4 heteroatoms. The van der Waals surface area contributed by atoms with Crippen LogP contribution in [0, 0.1) is 0 Å². The Kier molecular flexibility index (Phi) is 3.96. The number of aryl methyl sites for hydroxylation is 2. The van der Waals surface area contributed by atoms with E-state index in [0.717, 1.165) is 31.2 Å². The Hall–Kier alpha value is -2.62. The fourth-order valence-electron chi connectivity index (χ4n) is 2.35. The van der Waals surface area contributed by atoms with Crippen molar-refractivity contribution in [1.82, 2.24) is 9.78 Å². The topological polar surface area (TPSA) is 48.0 Å². The van der Waals surface area contributed by atoms with Gasteiger partial charge in [-0.15, -0.1) is 0 Å². The molecule has 0 bridgehead atoms. The molecule has 1 aromatic carbocycles. The first-order valence-electron chi connectivity index (χ1n) is 6.96. The van der Waals surface area contributed by atoms with Crippen molar-refractivity contribution in [2.24, 2.45) is 0 Å². The standard InChI is InChI=1S/C17H16N2O2/c20-12-16-11-19(18-17(16)15-8-10-21-13-15)9-4-7-14-5-2-1-3-6-14/h1-3,5-6,8,10-13H,4,7,9H2. The molecule has 0 aliphatic rings. The summed E-state index contributed by atoms with van der Waals surface area (Å²) in [5.74, 6) is 0. The first kappa shape index (κ1) is 13.4. The van der Waals surface area contributed by atoms with Crippen LogP contribution in [-0.4, -0.2) is 16.1 Å². The van der Waals surface area contributed by atoms with Gasteiger partial charge in [0.05, 0.1) is 18.1 Å². The molecule has 0 aliphatic heterocycles. The maximum Gasteiger partial charge on any atom is 0.153 e. The summed E-state index contributed by atoms with van der Waals surface area (Å²) in [6, 6.07) is 12.2. The fraction of sp³-hybridized carbons (Fsp3) is 0.176. The zero-order valence-electron chi connectivity index (χ0n) is 11.6. The summed E-state index contributed by atoms with van der Waals surface area (Å²) in [6.45, 7) is 0.785. The van der Waals surface area contributed by atoms with Gasteiger partial charge in [-0.3, -0.25) is 9.48 Å². The van der Waals surface area contributed by atoms with Gasteiger partial charge in [-0.05, 0) is 24.5 Å². The van der Waals surface area contributed by atoms with Gasteiger partial charge in [-0.2, -0.15) is 5.10 Å². The maximum atomic E-state index is 11.1. The molecular weight excluding hydrogens is 264 g/mol. The summed E-state index contributed by atoms with van der Waals surface area (Å²) in [5.41, 5.74) is 3.42. The van der Waals surface area contributed by atoms with Crippen LogP contribution in [0.3, 0.4) is 0 Å². The number of nitrogens with zero attached hydrogens (tertiary/aromatic N) is 2. The summed E-state index contributed by atoms with van der Waals surface area (Å²) >= 11 is 0. The SMILES string of the molecule is O=Cc1cn(CCCc2ccccc2)nc1-c1ccoc1. The molecule has 3 rings (SSSR count). The Bertz CT molecular complexity index is 700. The molecule has 0 fully saturated rings. The molecule has 0 unspecified atom stereocenters. The molecule has 2 heterocycles. The van der Waals surface area contributed by atoms with E-state index in [1.807, 2.05) is 28.9 Å². The van der Waals surface area contributed by atoms with Gasteiger partial charge in [0.1, 0.15) is 5.69 Å². The van der Waals surface area contributed by atoms with Crippen LogP contribution < -0.4 is 0 Å². The van der Waals surface area contributed by atoms with Gasteiger partial charge in [0.15, 0.2) is 6.29 Å². The molecule has 106 valence electrons. The Morgan fingerprint density at radius 1 is 1.19 bits per heavy atom. The zero-order chi connectivity index (χ0) is 14.5. The summed E-state index contributed by atoms with van der Waals surface area (Å²) in [5, 5.41) is 4.48. The van der Waals surface area contributed by atoms with E-state index in [0.29, 0.717) is 11.3 Å². The van der Waals surface area contributed by atoms with Crippen LogP contribution in [0.5, 0.6) is 0 Å². The highest BCUT2D eigenvalue weighted by Gasteiger charge is 2.11. The molecule has 0 saturated carbocycles. The lowest BCUT2D eigenvalue weighted by Gasteiger charge is -2.02. The number of hydrogen-bond acceptors (Lipinski definition) is 3. The van der Waals surface area contributed by atoms with Crippen LogP contribution in [0.15, 0.2) is 59.5 Å². The zero-order valence-corrected chi connectivity index (χ0v) is 11.6. The second-order valence-corrected chi connectivity index (χ2v) is 4.92. The molecule has 3 aromatic rings. The van der Waals surface area contributed by atoms with E-state index in [-0.39, 0.29) is 0 Å². The third-order valence-corrected chi connectivity index (χ3v) is 3.41. The van der Waals surface area contributed by atoms with Crippen LogP contribution in [0.2, 0.25) is 0 Å². The molecule has 0 spiro atoms. The minimum Gasteiger partial charge on any atom is -0.472 e. The van der Waals surface area contributed by atoms with E-state index in [1.165, 1.54) is 5.56 Å². The summed E-state index contributed by atoms with van der Waals surface area (Å²) in [6.07, 6.45) is 7.79. The van der Waals surface area contributed by atoms with Crippen molar-refractivity contribution in [2.75, 3.05) is 0 Å². The summed E-state index contributed by atoms with van der Waals surface area (Å²) < 4.78 is 6.88. The van der Waals surface area contributed by atoms with E-state index in [9.17, 15) is 4.79 Å². The van der Waals surface area contributed by atoms with Crippen molar-refractivity contribution < 1.29 is 9.21 Å². The van der Waals surface area contributed by atoms with Crippen LogP contribution in [0.4, 0.5) is 0 Å². The molecule has 0 radical (unpaired) electrons. The van der Waals surface area contributed by atoms with E-state index in [4.69, 9.17) is 4.42 Å². The predicted molar refractivity (Wildman–Crippen MR) is 80.1 cm³/mol. The van der Waals surface area contributed by atoms with Crippen molar-refractivity contribution >= 4 is 6.29 Å². The van der Waals surface area contributed by atoms with Gasteiger partial charge < -0.3 is 4.42 Å². The Labute approximate surface area is 123 Å². The first-order valence-corrected chi connectivity index (χ1v) is 6.96. The van der Waals surface area contributed by atoms with Crippen molar-refractivity contribution in [1.29, 1.82) is 0 Å². The van der Waals surface area contributed by atoms with Crippen LogP contribution >= 0.6 is 0 Å². The number of hydrogen-bond donors (Lipinski definition) is 0. The lowest BCUT2D eigenvalue weighted by atomic mass is 10.1. The largest absolute Gasteiger partial charge is 0.472 e. The predicted octanol–water partition coefficient (Wildman–Crippen LogP) is 3.59. The molecular formula is C17H16N2O2. The first-order chi connectivity index (χ1) is 10.4. The second kappa shape index (κ2) is 6.22. The van der Waals surface area contributed by atoms with Gasteiger partial charge in [0.2, 0.25) is 0 Å². The molecule has 0 aliphatic carbocycles. The van der Waals surface area contributed by atoms with Crippen LogP contribution in [-0.2, 0) is 13.0 Å². The summed E-state index contributed by atoms with van der Waals surface area (Å²) in [7, 11) is 0. The van der Waals surface area contributed by atoms with Crippen molar-refractivity contribution in [3.05, 3.63) is 66.2 Å². The molecule has 0 atom stereocenters. The van der Waals surface area contributed by atoms with Crippen molar-refractivity contribution in [3.63, 3.8) is 0 Å². The molecule has 4 nitrogen and oxygen atoms in total. The number of furan rings is 1. The van der Waals surface area contributed by atoms with Gasteiger partial charge in [0, 0.05) is 18.3 Å². The van der Waals surface area contributed by atoms with Gasteiger partial charge in [0.25, 0.3) is 0 Å². The van der Waals surface area contributed by atoms with E-state index in [2.05, 4.69) is 17.2 Å². The minimum absolute atomic E-state index is 0.594. The average molecular weight is 280 g/mol. The number of benzene rings is 1. The number of carbonyl (C=O) groups excluding carboxylic acids is 1. The molecule has 0 amide bonds. The van der Waals surface area contributed by atoms with E-state index < -0.39 is 0 Å². The third kappa shape index (κ3) is 3.11. The normalized spacial score (nSPS) is 10.7. The summed E-state index contributed by atoms with van der Waals surface area (Å²) in [4.78, 5) is 11.1. The fourth-order valence-corrected chi connectivity index (χ4v) is 2.35. The van der Waals surface area contributed by atoms with Gasteiger partial charge >= 0.3 is 0 Å². The third-order valence-electron chi connectivity index (χ3n) is 3.41. The second-order valence-electron chi connectivity index (χ2n) is 4.92. The Morgan fingerprint density at radius 3 is 2.76 bits per heavy atom. The number of aldehydes is 1. The number of carbonyl (C=O) groups is 1. The highest BCUT2D eigenvalue weighted by Crippen LogP contribution is 2.21. The highest BCUT2D eigenvalue weighted by atomic mass is 16.3. The maximum absolute atomic E-state index is 11.1. The Morgan fingerprint density at radius 2 is 2.05 bits per heavy atom. The number of aromatic nitrogens is 2. The smallest absolute Gasteiger partial charge is 0.153 e. The lowest BCUT2D eigenvalue weighted by molar-refractivity contribution is 0.112. The van der Waals surface area contributed by atoms with E-state index >= 15 is 0 Å². The van der Waals surface area contributed by atoms with Crippen LogP contribution in [0.1, 0.15) is 22.3 Å². The monoisotopic (exact) mass is 280 g/mol. The van der Waals surface area contributed by atoms with E-state index in [1.54, 1.807) is 18.7 Å². The van der Waals surface area contributed by atoms with Gasteiger partial charge in [-0.1, -0.05) is 30.3 Å².